The molecule has 2 aromatic carbocycles. The van der Waals surface area contributed by atoms with E-state index >= 15 is 4.39 Å². The molecule has 0 bridgehead atoms. The molecule has 0 heterocycles. The van der Waals surface area contributed by atoms with Gasteiger partial charge in [-0.05, 0) is 41.8 Å². The summed E-state index contributed by atoms with van der Waals surface area (Å²) in [6, 6.07) is 2.21. The third-order valence-electron chi connectivity index (χ3n) is 5.62. The van der Waals surface area contributed by atoms with Crippen molar-refractivity contribution >= 4 is 52.4 Å². The number of carbonyl (C=O) groups excluding carboxylic acids is 2. The smallest absolute Gasteiger partial charge is 0.366 e. The Kier molecular flexibility index (Phi) is 10.6. The zero-order valence-corrected chi connectivity index (χ0v) is 22.5. The largest absolute Gasteiger partial charge is 0.417 e. The summed E-state index contributed by atoms with van der Waals surface area (Å²) >= 11 is 17.3. The van der Waals surface area contributed by atoms with E-state index in [0.29, 0.717) is 24.3 Å². The van der Waals surface area contributed by atoms with Crippen molar-refractivity contribution in [2.75, 3.05) is 6.54 Å². The lowest BCUT2D eigenvalue weighted by atomic mass is 9.83. The van der Waals surface area contributed by atoms with Crippen LogP contribution in [0.15, 0.2) is 30.3 Å². The molecule has 0 aromatic heterocycles. The molecule has 226 valence electrons. The molecule has 0 aliphatic rings. The number of carbonyl (C=O) groups is 2. The standard InChI is InChI=1S/C24H17Cl3F10N2O2/c1-2-10(21(41)39-8-22(29,30)31)17-11(3-4-12(20(38)40)18(17)24(35,36)37)16(28)7-13(23(32,33)34)9-5-14(25)19(27)15(26)6-9/h3-7,10,13H,2,8H2,1H3,(H2,38,40)(H,39,41)/b16-7-/t10-,13?/m1/s1. The van der Waals surface area contributed by atoms with Gasteiger partial charge in [0.2, 0.25) is 11.8 Å². The Hall–Kier alpha value is -2.71. The van der Waals surface area contributed by atoms with Gasteiger partial charge in [0.05, 0.1) is 32.1 Å². The van der Waals surface area contributed by atoms with Crippen molar-refractivity contribution in [3.8, 4) is 0 Å². The van der Waals surface area contributed by atoms with Gasteiger partial charge in [-0.2, -0.15) is 39.5 Å². The number of nitrogens with two attached hydrogens (primary N) is 1. The van der Waals surface area contributed by atoms with E-state index in [2.05, 4.69) is 0 Å². The first-order chi connectivity index (χ1) is 18.6. The molecule has 0 radical (unpaired) electrons. The molecular weight excluding hydrogens is 645 g/mol. The Morgan fingerprint density at radius 3 is 1.88 bits per heavy atom. The predicted molar refractivity (Wildman–Crippen MR) is 131 cm³/mol. The van der Waals surface area contributed by atoms with Gasteiger partial charge in [0.1, 0.15) is 18.3 Å². The predicted octanol–water partition coefficient (Wildman–Crippen LogP) is 8.59. The van der Waals surface area contributed by atoms with E-state index in [0.717, 1.165) is 6.92 Å². The first-order valence-electron chi connectivity index (χ1n) is 11.1. The molecule has 2 aromatic rings. The number of alkyl halides is 9. The number of rotatable bonds is 8. The number of hydrogen-bond acceptors (Lipinski definition) is 2. The number of amides is 2. The van der Waals surface area contributed by atoms with Crippen LogP contribution < -0.4 is 11.1 Å². The van der Waals surface area contributed by atoms with Crippen molar-refractivity contribution in [1.82, 2.24) is 5.32 Å². The van der Waals surface area contributed by atoms with E-state index in [4.69, 9.17) is 40.5 Å². The summed E-state index contributed by atoms with van der Waals surface area (Å²) in [7, 11) is 0. The summed E-state index contributed by atoms with van der Waals surface area (Å²) in [6.07, 6.45) is -16.7. The molecule has 4 nitrogen and oxygen atoms in total. The normalized spacial score (nSPS) is 14.5. The minimum atomic E-state index is -5.56. The van der Waals surface area contributed by atoms with Gasteiger partial charge in [0, 0.05) is 5.56 Å². The first kappa shape index (κ1) is 34.5. The topological polar surface area (TPSA) is 72.2 Å². The van der Waals surface area contributed by atoms with Crippen LogP contribution >= 0.6 is 34.8 Å². The number of hydrogen-bond donors (Lipinski definition) is 2. The molecule has 0 saturated heterocycles. The maximum atomic E-state index is 15.7. The van der Waals surface area contributed by atoms with Gasteiger partial charge in [0.15, 0.2) is 0 Å². The molecule has 2 atom stereocenters. The summed E-state index contributed by atoms with van der Waals surface area (Å²) in [4.78, 5) is 24.4. The van der Waals surface area contributed by atoms with Gasteiger partial charge in [-0.25, -0.2) is 4.39 Å². The third-order valence-corrected chi connectivity index (χ3v) is 6.82. The van der Waals surface area contributed by atoms with E-state index in [1.165, 1.54) is 5.32 Å². The summed E-state index contributed by atoms with van der Waals surface area (Å²) in [6.45, 7) is -0.933. The Morgan fingerprint density at radius 2 is 1.46 bits per heavy atom. The van der Waals surface area contributed by atoms with Crippen LogP contribution in [0.2, 0.25) is 15.1 Å². The maximum Gasteiger partial charge on any atom is 0.417 e. The lowest BCUT2D eigenvalue weighted by Gasteiger charge is -2.25. The average molecular weight is 662 g/mol. The van der Waals surface area contributed by atoms with E-state index in [-0.39, 0.29) is 11.1 Å². The third kappa shape index (κ3) is 8.41. The second-order valence-corrected chi connectivity index (χ2v) is 9.63. The number of primary amides is 1. The Morgan fingerprint density at radius 1 is 0.951 bits per heavy atom. The van der Waals surface area contributed by atoms with Crippen molar-refractivity contribution in [2.45, 2.75) is 43.7 Å². The van der Waals surface area contributed by atoms with Gasteiger partial charge in [-0.1, -0.05) is 47.8 Å². The lowest BCUT2D eigenvalue weighted by Crippen LogP contribution is -2.38. The molecule has 17 heteroatoms. The zero-order valence-electron chi connectivity index (χ0n) is 20.3. The second kappa shape index (κ2) is 12.7. The molecule has 0 aliphatic carbocycles. The molecule has 0 saturated carbocycles. The number of allylic oxidation sites excluding steroid dienone is 1. The Bertz CT molecular complexity index is 1330. The number of halogens is 13. The summed E-state index contributed by atoms with van der Waals surface area (Å²) < 4.78 is 138. The molecule has 2 amide bonds. The highest BCUT2D eigenvalue weighted by Gasteiger charge is 2.44. The molecule has 3 N–H and O–H groups in total. The molecule has 41 heavy (non-hydrogen) atoms. The van der Waals surface area contributed by atoms with E-state index in [1.807, 2.05) is 0 Å². The number of nitrogens with one attached hydrogen (secondary N) is 1. The Balaban J connectivity index is 2.93. The fraction of sp³-hybridized carbons (Fsp3) is 0.333. The van der Waals surface area contributed by atoms with E-state index in [1.54, 1.807) is 0 Å². The molecule has 2 rings (SSSR count). The van der Waals surface area contributed by atoms with Crippen LogP contribution in [-0.2, 0) is 11.0 Å². The molecule has 0 spiro atoms. The Labute approximate surface area is 240 Å². The second-order valence-electron chi connectivity index (χ2n) is 8.44. The van der Waals surface area contributed by atoms with Crippen molar-refractivity contribution < 1.29 is 53.5 Å². The maximum absolute atomic E-state index is 15.7. The summed E-state index contributed by atoms with van der Waals surface area (Å²) in [5.74, 6) is -10.4. The zero-order chi connectivity index (χ0) is 31.7. The van der Waals surface area contributed by atoms with Gasteiger partial charge < -0.3 is 11.1 Å². The highest BCUT2D eigenvalue weighted by atomic mass is 35.5. The number of benzene rings is 2. The van der Waals surface area contributed by atoms with Gasteiger partial charge >= 0.3 is 18.5 Å². The van der Waals surface area contributed by atoms with Gasteiger partial charge in [-0.15, -0.1) is 0 Å². The van der Waals surface area contributed by atoms with Crippen LogP contribution in [0.4, 0.5) is 43.9 Å². The highest BCUT2D eigenvalue weighted by molar-refractivity contribution is 6.48. The van der Waals surface area contributed by atoms with Crippen LogP contribution in [0.5, 0.6) is 0 Å². The summed E-state index contributed by atoms with van der Waals surface area (Å²) in [5.41, 5.74) is -1.70. The SMILES string of the molecule is CC[C@@H](C(=O)NCC(F)(F)F)c1c(/C(F)=C/C(c2cc(Cl)c(Cl)c(Cl)c2)C(F)(F)F)ccc(C(N)=O)c1C(F)(F)F. The van der Waals surface area contributed by atoms with Crippen molar-refractivity contribution in [1.29, 1.82) is 0 Å². The minimum Gasteiger partial charge on any atom is -0.366 e. The molecular formula is C24H17Cl3F10N2O2. The van der Waals surface area contributed by atoms with Crippen molar-refractivity contribution in [2.24, 2.45) is 5.73 Å². The average Bonchev–Trinajstić information content (AvgIpc) is 2.82. The van der Waals surface area contributed by atoms with E-state index in [9.17, 15) is 49.1 Å². The van der Waals surface area contributed by atoms with Crippen molar-refractivity contribution in [3.63, 3.8) is 0 Å². The fourth-order valence-electron chi connectivity index (χ4n) is 3.90. The summed E-state index contributed by atoms with van der Waals surface area (Å²) in [5, 5.41) is 0.102. The lowest BCUT2D eigenvalue weighted by molar-refractivity contribution is -0.142. The molecule has 1 unspecified atom stereocenters. The minimum absolute atomic E-state index is 0.140. The van der Waals surface area contributed by atoms with Crippen LogP contribution in [-0.4, -0.2) is 30.7 Å². The monoisotopic (exact) mass is 660 g/mol. The molecule has 0 aliphatic heterocycles. The van der Waals surface area contributed by atoms with Crippen LogP contribution in [0.3, 0.4) is 0 Å². The van der Waals surface area contributed by atoms with Crippen molar-refractivity contribution in [3.05, 3.63) is 73.2 Å². The van der Waals surface area contributed by atoms with E-state index < -0.39 is 98.8 Å². The van der Waals surface area contributed by atoms with Gasteiger partial charge in [0.25, 0.3) is 0 Å². The van der Waals surface area contributed by atoms with Crippen LogP contribution in [0.1, 0.15) is 57.8 Å². The first-order valence-corrected chi connectivity index (χ1v) is 12.2. The van der Waals surface area contributed by atoms with Crippen LogP contribution in [0, 0.1) is 0 Å². The van der Waals surface area contributed by atoms with Gasteiger partial charge in [-0.3, -0.25) is 9.59 Å². The van der Waals surface area contributed by atoms with Crippen LogP contribution in [0.25, 0.3) is 5.83 Å². The molecule has 0 fully saturated rings. The fourth-order valence-corrected chi connectivity index (χ4v) is 4.52. The quantitative estimate of drug-likeness (QED) is 0.220. The highest BCUT2D eigenvalue weighted by Crippen LogP contribution is 2.46.